The Kier molecular flexibility index (Phi) is 4.70. The lowest BCUT2D eigenvalue weighted by Gasteiger charge is -2.37. The summed E-state index contributed by atoms with van der Waals surface area (Å²) in [6, 6.07) is 17.3. The summed E-state index contributed by atoms with van der Waals surface area (Å²) in [6.45, 7) is 9.70. The minimum absolute atomic E-state index is 0.0443. The number of rotatable bonds is 1. The van der Waals surface area contributed by atoms with E-state index in [2.05, 4.69) is 81.1 Å². The number of aryl methyl sites for hydroxylation is 2. The van der Waals surface area contributed by atoms with Gasteiger partial charge in [-0.2, -0.15) is 0 Å². The largest absolute Gasteiger partial charge is 0.336 e. The van der Waals surface area contributed by atoms with Crippen molar-refractivity contribution in [1.29, 1.82) is 0 Å². The summed E-state index contributed by atoms with van der Waals surface area (Å²) < 4.78 is 0. The predicted octanol–water partition coefficient (Wildman–Crippen LogP) is 4.73. The Morgan fingerprint density at radius 1 is 1.00 bits per heavy atom. The number of hydrogen-bond acceptors (Lipinski definition) is 4. The van der Waals surface area contributed by atoms with Crippen molar-refractivity contribution in [1.82, 2.24) is 9.96 Å². The Hall–Kier alpha value is -2.33. The fourth-order valence-corrected chi connectivity index (χ4v) is 4.59. The van der Waals surface area contributed by atoms with Crippen LogP contribution in [-0.4, -0.2) is 35.1 Å². The van der Waals surface area contributed by atoms with Crippen LogP contribution >= 0.6 is 0 Å². The average Bonchev–Trinajstić information content (AvgIpc) is 2.99. The highest BCUT2D eigenvalue weighted by molar-refractivity contribution is 5.82. The van der Waals surface area contributed by atoms with E-state index in [9.17, 15) is 0 Å². The van der Waals surface area contributed by atoms with Crippen LogP contribution in [0, 0.1) is 0 Å². The maximum atomic E-state index is 6.66. The fraction of sp³-hybridized carbons (Fsp3) is 0.458. The Morgan fingerprint density at radius 3 is 2.04 bits per heavy atom. The SMILES string of the molecule is CCN(C1=NC2(ON1C)c1ccccc1CCCc1ccccc12)C(C)(C)C. The van der Waals surface area contributed by atoms with Gasteiger partial charge in [0, 0.05) is 30.3 Å². The molecule has 0 saturated carbocycles. The van der Waals surface area contributed by atoms with Gasteiger partial charge >= 0.3 is 0 Å². The van der Waals surface area contributed by atoms with Crippen LogP contribution < -0.4 is 0 Å². The normalized spacial score (nSPS) is 18.2. The number of benzene rings is 2. The number of guanidine groups is 1. The third-order valence-electron chi connectivity index (χ3n) is 5.83. The fourth-order valence-electron chi connectivity index (χ4n) is 4.59. The van der Waals surface area contributed by atoms with Crippen molar-refractivity contribution in [2.24, 2.45) is 4.99 Å². The van der Waals surface area contributed by atoms with E-state index in [0.717, 1.165) is 42.9 Å². The van der Waals surface area contributed by atoms with Crippen LogP contribution in [0.1, 0.15) is 56.4 Å². The first-order valence-electron chi connectivity index (χ1n) is 10.3. The molecule has 1 aliphatic heterocycles. The molecule has 1 heterocycles. The number of fused-ring (bicyclic) bond motifs is 4. The smallest absolute Gasteiger partial charge is 0.240 e. The maximum absolute atomic E-state index is 6.66. The second-order valence-electron chi connectivity index (χ2n) is 8.73. The highest BCUT2D eigenvalue weighted by Gasteiger charge is 2.48. The highest BCUT2D eigenvalue weighted by Crippen LogP contribution is 2.45. The lowest BCUT2D eigenvalue weighted by Crippen LogP contribution is -2.49. The Bertz CT molecular complexity index is 849. The van der Waals surface area contributed by atoms with Gasteiger partial charge in [-0.1, -0.05) is 48.5 Å². The van der Waals surface area contributed by atoms with Crippen molar-refractivity contribution in [3.05, 3.63) is 70.8 Å². The first-order valence-corrected chi connectivity index (χ1v) is 10.3. The maximum Gasteiger partial charge on any atom is 0.240 e. The van der Waals surface area contributed by atoms with Crippen molar-refractivity contribution in [2.75, 3.05) is 13.6 Å². The minimum atomic E-state index is -0.823. The van der Waals surface area contributed by atoms with Crippen LogP contribution in [0.3, 0.4) is 0 Å². The molecular formula is C24H31N3O. The zero-order valence-corrected chi connectivity index (χ0v) is 17.7. The van der Waals surface area contributed by atoms with E-state index in [-0.39, 0.29) is 5.54 Å². The van der Waals surface area contributed by atoms with Crippen molar-refractivity contribution < 1.29 is 4.84 Å². The van der Waals surface area contributed by atoms with Crippen molar-refractivity contribution in [3.8, 4) is 0 Å². The van der Waals surface area contributed by atoms with Gasteiger partial charge in [-0.05, 0) is 58.1 Å². The molecule has 1 aliphatic carbocycles. The Balaban J connectivity index is 1.98. The number of hydrogen-bond donors (Lipinski definition) is 0. The van der Waals surface area contributed by atoms with Gasteiger partial charge in [0.1, 0.15) is 0 Å². The van der Waals surface area contributed by atoms with E-state index in [1.54, 1.807) is 0 Å². The topological polar surface area (TPSA) is 28.1 Å². The number of aliphatic imine (C=N–C) groups is 1. The third kappa shape index (κ3) is 3.00. The number of nitrogens with zero attached hydrogens (tertiary/aromatic N) is 3. The van der Waals surface area contributed by atoms with E-state index in [1.165, 1.54) is 11.1 Å². The summed E-state index contributed by atoms with van der Waals surface area (Å²) in [5.41, 5.74) is 4.11. The molecule has 0 N–H and O–H groups in total. The van der Waals surface area contributed by atoms with E-state index in [1.807, 2.05) is 12.1 Å². The number of hydroxylamine groups is 2. The van der Waals surface area contributed by atoms with E-state index in [0.29, 0.717) is 0 Å². The van der Waals surface area contributed by atoms with Gasteiger partial charge < -0.3 is 4.90 Å². The zero-order chi connectivity index (χ0) is 19.9. The van der Waals surface area contributed by atoms with Crippen LogP contribution in [0.4, 0.5) is 0 Å². The van der Waals surface area contributed by atoms with E-state index < -0.39 is 5.72 Å². The first kappa shape index (κ1) is 19.0. The van der Waals surface area contributed by atoms with E-state index >= 15 is 0 Å². The van der Waals surface area contributed by atoms with Crippen molar-refractivity contribution in [3.63, 3.8) is 0 Å². The van der Waals surface area contributed by atoms with Crippen LogP contribution in [-0.2, 0) is 23.4 Å². The molecule has 0 bridgehead atoms. The van der Waals surface area contributed by atoms with Crippen LogP contribution in [0.15, 0.2) is 53.5 Å². The average molecular weight is 378 g/mol. The highest BCUT2D eigenvalue weighted by atomic mass is 16.7. The van der Waals surface area contributed by atoms with Crippen LogP contribution in [0.5, 0.6) is 0 Å². The minimum Gasteiger partial charge on any atom is -0.336 e. The van der Waals surface area contributed by atoms with Gasteiger partial charge in [0.25, 0.3) is 0 Å². The molecule has 1 spiro atoms. The van der Waals surface area contributed by atoms with Crippen molar-refractivity contribution >= 4 is 5.96 Å². The summed E-state index contributed by atoms with van der Waals surface area (Å²) in [5, 5.41) is 1.86. The first-order chi connectivity index (χ1) is 13.4. The molecule has 0 unspecified atom stereocenters. The Labute approximate surface area is 168 Å². The molecule has 4 rings (SSSR count). The van der Waals surface area contributed by atoms with Gasteiger partial charge in [-0.15, -0.1) is 0 Å². The predicted molar refractivity (Wildman–Crippen MR) is 114 cm³/mol. The Morgan fingerprint density at radius 2 is 1.54 bits per heavy atom. The third-order valence-corrected chi connectivity index (χ3v) is 5.83. The molecule has 2 aromatic carbocycles. The summed E-state index contributed by atoms with van der Waals surface area (Å²) in [5.74, 6) is 0.889. The second kappa shape index (κ2) is 6.93. The molecule has 2 aliphatic rings. The van der Waals surface area contributed by atoms with Gasteiger partial charge in [0.15, 0.2) is 0 Å². The molecule has 0 aromatic heterocycles. The van der Waals surface area contributed by atoms with Crippen LogP contribution in [0.25, 0.3) is 0 Å². The molecule has 0 fully saturated rings. The van der Waals surface area contributed by atoms with Crippen molar-refractivity contribution in [2.45, 2.75) is 58.2 Å². The van der Waals surface area contributed by atoms with Gasteiger partial charge in [-0.25, -0.2) is 14.9 Å². The molecule has 0 saturated heterocycles. The lowest BCUT2D eigenvalue weighted by molar-refractivity contribution is -0.157. The molecule has 0 atom stereocenters. The second-order valence-corrected chi connectivity index (χ2v) is 8.73. The summed E-state index contributed by atoms with van der Waals surface area (Å²) >= 11 is 0. The van der Waals surface area contributed by atoms with Crippen LogP contribution in [0.2, 0.25) is 0 Å². The zero-order valence-electron chi connectivity index (χ0n) is 17.7. The summed E-state index contributed by atoms with van der Waals surface area (Å²) in [7, 11) is 1.98. The molecule has 28 heavy (non-hydrogen) atoms. The van der Waals surface area contributed by atoms with Gasteiger partial charge in [0.2, 0.25) is 11.7 Å². The lowest BCUT2D eigenvalue weighted by atomic mass is 9.83. The standard InChI is InChI=1S/C24H31N3O/c1-6-27(23(2,3)4)22-25-24(28-26(22)5)20-16-9-7-12-18(20)14-11-15-19-13-8-10-17-21(19)24/h7-10,12-13,16-17H,6,11,14-15H2,1-5H3. The molecule has 148 valence electrons. The summed E-state index contributed by atoms with van der Waals surface area (Å²) in [4.78, 5) is 14.3. The molecule has 0 amide bonds. The monoisotopic (exact) mass is 377 g/mol. The molecule has 0 radical (unpaired) electrons. The quantitative estimate of drug-likeness (QED) is 0.719. The molecule has 4 heteroatoms. The van der Waals surface area contributed by atoms with E-state index in [4.69, 9.17) is 9.83 Å². The van der Waals surface area contributed by atoms with Gasteiger partial charge in [-0.3, -0.25) is 0 Å². The van der Waals surface area contributed by atoms with Gasteiger partial charge in [0.05, 0.1) is 0 Å². The molecule has 4 nitrogen and oxygen atoms in total. The molecular weight excluding hydrogens is 346 g/mol. The summed E-state index contributed by atoms with van der Waals surface area (Å²) in [6.07, 6.45) is 3.22. The molecule has 2 aromatic rings.